The van der Waals surface area contributed by atoms with Crippen LogP contribution >= 0.6 is 0 Å². The van der Waals surface area contributed by atoms with Gasteiger partial charge in [0.1, 0.15) is 6.29 Å². The van der Waals surface area contributed by atoms with Gasteiger partial charge in [0, 0.05) is 26.1 Å². The van der Waals surface area contributed by atoms with Crippen LogP contribution in [0.4, 0.5) is 0 Å². The molecule has 0 aliphatic rings. The van der Waals surface area contributed by atoms with Crippen LogP contribution in [-0.2, 0) is 25.5 Å². The zero-order valence-electron chi connectivity index (χ0n) is 23.2. The van der Waals surface area contributed by atoms with E-state index in [4.69, 9.17) is 9.47 Å². The lowest BCUT2D eigenvalue weighted by atomic mass is 9.91. The predicted molar refractivity (Wildman–Crippen MR) is 144 cm³/mol. The molecule has 1 aromatic carbocycles. The summed E-state index contributed by atoms with van der Waals surface area (Å²) in [5, 5.41) is 6.11. The highest BCUT2D eigenvalue weighted by atomic mass is 16.5. The minimum atomic E-state index is -0.506. The van der Waals surface area contributed by atoms with Crippen molar-refractivity contribution in [1.82, 2.24) is 10.6 Å². The van der Waals surface area contributed by atoms with E-state index in [2.05, 4.69) is 45.3 Å². The van der Waals surface area contributed by atoms with Crippen LogP contribution in [0.3, 0.4) is 0 Å². The van der Waals surface area contributed by atoms with E-state index in [0.717, 1.165) is 37.2 Å². The number of rotatable bonds is 19. The minimum absolute atomic E-state index is 0.134. The van der Waals surface area contributed by atoms with E-state index in [1.54, 1.807) is 0 Å². The van der Waals surface area contributed by atoms with Crippen LogP contribution in [0.25, 0.3) is 0 Å². The number of aldehydes is 1. The largest absolute Gasteiger partial charge is 0.375 e. The lowest BCUT2D eigenvalue weighted by Crippen LogP contribution is -2.42. The summed E-state index contributed by atoms with van der Waals surface area (Å²) in [4.78, 5) is 23.6. The number of nitrogens with one attached hydrogen (secondary N) is 2. The fourth-order valence-electron chi connectivity index (χ4n) is 3.78. The Balaban J connectivity index is 2.23. The van der Waals surface area contributed by atoms with E-state index < -0.39 is 6.04 Å². The Morgan fingerprint density at radius 3 is 2.29 bits per heavy atom. The highest BCUT2D eigenvalue weighted by Gasteiger charge is 2.23. The summed E-state index contributed by atoms with van der Waals surface area (Å²) in [6.07, 6.45) is 4.73. The van der Waals surface area contributed by atoms with Crippen molar-refractivity contribution >= 4 is 12.2 Å². The molecule has 0 saturated carbocycles. The van der Waals surface area contributed by atoms with Gasteiger partial charge < -0.3 is 24.9 Å². The Morgan fingerprint density at radius 1 is 1.00 bits per heavy atom. The van der Waals surface area contributed by atoms with Gasteiger partial charge in [0.25, 0.3) is 0 Å². The van der Waals surface area contributed by atoms with E-state index in [-0.39, 0.29) is 17.1 Å². The van der Waals surface area contributed by atoms with Gasteiger partial charge in [-0.25, -0.2) is 0 Å². The number of amides is 1. The Kier molecular flexibility index (Phi) is 14.4. The molecule has 0 aliphatic carbocycles. The number of benzene rings is 1. The first-order valence-corrected chi connectivity index (χ1v) is 13.2. The maximum Gasteiger partial charge on any atom is 0.221 e. The molecule has 3 unspecified atom stereocenters. The third kappa shape index (κ3) is 14.4. The molecular formula is C29H50N2O4. The zero-order valence-corrected chi connectivity index (χ0v) is 23.2. The molecule has 1 amide bonds. The minimum Gasteiger partial charge on any atom is -0.375 e. The quantitative estimate of drug-likeness (QED) is 0.212. The summed E-state index contributed by atoms with van der Waals surface area (Å²) < 4.78 is 12.3. The maximum atomic E-state index is 12.2. The molecule has 2 N–H and O–H groups in total. The average molecular weight is 491 g/mol. The van der Waals surface area contributed by atoms with E-state index >= 15 is 0 Å². The first-order valence-electron chi connectivity index (χ1n) is 13.2. The average Bonchev–Trinajstić information content (AvgIpc) is 2.81. The summed E-state index contributed by atoms with van der Waals surface area (Å²) in [7, 11) is 0. The van der Waals surface area contributed by atoms with Crippen molar-refractivity contribution in [3.05, 3.63) is 35.9 Å². The first-order chi connectivity index (χ1) is 16.5. The van der Waals surface area contributed by atoms with Gasteiger partial charge in [0.2, 0.25) is 5.91 Å². The number of hydrogen-bond donors (Lipinski definition) is 2. The van der Waals surface area contributed by atoms with Crippen molar-refractivity contribution < 1.29 is 19.1 Å². The molecular weight excluding hydrogens is 440 g/mol. The molecule has 0 saturated heterocycles. The molecule has 0 aliphatic heterocycles. The Labute approximate surface area is 213 Å². The van der Waals surface area contributed by atoms with Crippen molar-refractivity contribution in [3.8, 4) is 0 Å². The summed E-state index contributed by atoms with van der Waals surface area (Å²) in [6.45, 7) is 17.7. The van der Waals surface area contributed by atoms with Gasteiger partial charge >= 0.3 is 0 Å². The lowest BCUT2D eigenvalue weighted by Gasteiger charge is -2.30. The van der Waals surface area contributed by atoms with Crippen molar-refractivity contribution in [2.45, 2.75) is 97.8 Å². The van der Waals surface area contributed by atoms with Gasteiger partial charge in [-0.3, -0.25) is 4.79 Å². The summed E-state index contributed by atoms with van der Waals surface area (Å²) in [5.41, 5.74) is 0.457. The monoisotopic (exact) mass is 490 g/mol. The van der Waals surface area contributed by atoms with Crippen LogP contribution in [0.5, 0.6) is 0 Å². The number of carbonyl (C=O) groups is 2. The van der Waals surface area contributed by atoms with Crippen molar-refractivity contribution in [1.29, 1.82) is 0 Å². The fraction of sp³-hybridized carbons (Fsp3) is 0.724. The molecule has 0 bridgehead atoms. The molecule has 1 aromatic rings. The van der Waals surface area contributed by atoms with Crippen molar-refractivity contribution in [2.24, 2.45) is 11.8 Å². The fourth-order valence-corrected chi connectivity index (χ4v) is 3.78. The van der Waals surface area contributed by atoms with E-state index in [1.165, 1.54) is 6.42 Å². The van der Waals surface area contributed by atoms with Crippen molar-refractivity contribution in [2.75, 3.05) is 26.3 Å². The predicted octanol–water partition coefficient (Wildman–Crippen LogP) is 4.95. The van der Waals surface area contributed by atoms with Gasteiger partial charge in [0.15, 0.2) is 0 Å². The van der Waals surface area contributed by atoms with Crippen LogP contribution in [0.15, 0.2) is 30.3 Å². The van der Waals surface area contributed by atoms with Crippen molar-refractivity contribution in [3.63, 3.8) is 0 Å². The molecule has 0 heterocycles. The van der Waals surface area contributed by atoms with Crippen LogP contribution in [0, 0.1) is 11.8 Å². The summed E-state index contributed by atoms with van der Waals surface area (Å²) >= 11 is 0. The molecule has 0 aromatic heterocycles. The van der Waals surface area contributed by atoms with E-state index in [0.29, 0.717) is 38.5 Å². The second-order valence-electron chi connectivity index (χ2n) is 11.0. The normalized spacial score (nSPS) is 14.8. The van der Waals surface area contributed by atoms with Gasteiger partial charge in [-0.2, -0.15) is 0 Å². The smallest absolute Gasteiger partial charge is 0.221 e. The molecule has 6 heteroatoms. The van der Waals surface area contributed by atoms with E-state index in [9.17, 15) is 9.59 Å². The molecule has 35 heavy (non-hydrogen) atoms. The van der Waals surface area contributed by atoms with Gasteiger partial charge in [-0.15, -0.1) is 0 Å². The molecule has 1 rings (SSSR count). The number of ether oxygens (including phenoxy) is 2. The molecule has 6 nitrogen and oxygen atoms in total. The van der Waals surface area contributed by atoms with Crippen LogP contribution in [0.2, 0.25) is 0 Å². The zero-order chi connectivity index (χ0) is 26.3. The number of hydrogen-bond acceptors (Lipinski definition) is 5. The third-order valence-electron chi connectivity index (χ3n) is 6.77. The molecule has 0 spiro atoms. The van der Waals surface area contributed by atoms with E-state index in [1.807, 2.05) is 44.2 Å². The summed E-state index contributed by atoms with van der Waals surface area (Å²) in [5.74, 6) is 1.27. The maximum absolute atomic E-state index is 12.2. The molecule has 3 atom stereocenters. The Morgan fingerprint density at radius 2 is 1.66 bits per heavy atom. The Hall–Kier alpha value is -1.76. The van der Waals surface area contributed by atoms with Gasteiger partial charge in [-0.1, -0.05) is 57.5 Å². The highest BCUT2D eigenvalue weighted by molar-refractivity contribution is 5.79. The molecule has 0 fully saturated rings. The third-order valence-corrected chi connectivity index (χ3v) is 6.77. The van der Waals surface area contributed by atoms with Crippen LogP contribution in [-0.4, -0.2) is 55.7 Å². The van der Waals surface area contributed by atoms with Crippen LogP contribution < -0.4 is 10.6 Å². The standard InChI is InChI=1S/C29H50N2O4/c1-8-23(2)24(3)15-18-34-28(4,5)16-19-35-29(6,7)22-30-17-14-27(33)31-26(21-32)20-25-12-10-9-11-13-25/h9-13,21,23-24,26,30H,8,14-20,22H2,1-7H3,(H,31,33). The Bertz CT molecular complexity index is 721. The van der Waals surface area contributed by atoms with Gasteiger partial charge in [0.05, 0.1) is 23.9 Å². The first kappa shape index (κ1) is 31.3. The second kappa shape index (κ2) is 16.1. The molecule has 200 valence electrons. The topological polar surface area (TPSA) is 76.7 Å². The molecule has 0 radical (unpaired) electrons. The lowest BCUT2D eigenvalue weighted by molar-refractivity contribution is -0.124. The number of carbonyl (C=O) groups excluding carboxylic acids is 2. The SMILES string of the molecule is CCC(C)C(C)CCOC(C)(C)CCOC(C)(C)CNCCC(=O)NC(C=O)Cc1ccccc1. The summed E-state index contributed by atoms with van der Waals surface area (Å²) in [6, 6.07) is 9.18. The van der Waals surface area contributed by atoms with Crippen LogP contribution in [0.1, 0.15) is 79.7 Å². The highest BCUT2D eigenvalue weighted by Crippen LogP contribution is 2.21. The van der Waals surface area contributed by atoms with Gasteiger partial charge in [-0.05, 0) is 64.4 Å². The second-order valence-corrected chi connectivity index (χ2v) is 11.0.